The third-order valence-electron chi connectivity index (χ3n) is 5.09. The van der Waals surface area contributed by atoms with Gasteiger partial charge in [-0.25, -0.2) is 14.8 Å². The molecule has 4 rings (SSSR count). The third-order valence-corrected chi connectivity index (χ3v) is 5.86. The van der Waals surface area contributed by atoms with Gasteiger partial charge < -0.3 is 15.3 Å². The van der Waals surface area contributed by atoms with E-state index in [4.69, 9.17) is 4.98 Å². The molecule has 0 spiro atoms. The standard InChI is InChI=1S/C18H19N5O3S.ClH/c1-18(19-2)5-7-22(10-18)13-4-3-11-14(24)12(16(25)26)9-23(15(11)21-13)17-20-6-8-27-17;/h3-4,6,8-9,19H,5,7,10H2,1-2H3,(H,25,26);1H. The van der Waals surface area contributed by atoms with Gasteiger partial charge in [0.2, 0.25) is 5.43 Å². The molecule has 0 bridgehead atoms. The number of thiazole rings is 1. The van der Waals surface area contributed by atoms with Crippen molar-refractivity contribution in [3.05, 3.63) is 45.7 Å². The second kappa shape index (κ2) is 7.50. The molecule has 3 aromatic heterocycles. The van der Waals surface area contributed by atoms with Crippen molar-refractivity contribution in [3.8, 4) is 5.13 Å². The number of pyridine rings is 2. The number of anilines is 1. The molecular weight excluding hydrogens is 402 g/mol. The van der Waals surface area contributed by atoms with Crippen molar-refractivity contribution in [1.82, 2.24) is 19.9 Å². The Hall–Kier alpha value is -2.49. The maximum Gasteiger partial charge on any atom is 0.341 e. The lowest BCUT2D eigenvalue weighted by Crippen LogP contribution is -2.42. The second-order valence-corrected chi connectivity index (χ2v) is 7.76. The number of aromatic carboxylic acids is 1. The number of nitrogens with zero attached hydrogens (tertiary/aromatic N) is 4. The van der Waals surface area contributed by atoms with Crippen LogP contribution in [0.5, 0.6) is 0 Å². The van der Waals surface area contributed by atoms with Crippen molar-refractivity contribution in [2.24, 2.45) is 0 Å². The van der Waals surface area contributed by atoms with Gasteiger partial charge in [-0.3, -0.25) is 9.36 Å². The zero-order valence-electron chi connectivity index (χ0n) is 15.4. The number of rotatable bonds is 4. The molecule has 1 unspecified atom stereocenters. The molecule has 0 aromatic carbocycles. The van der Waals surface area contributed by atoms with E-state index < -0.39 is 11.4 Å². The first kappa shape index (κ1) is 20.2. The highest BCUT2D eigenvalue weighted by Crippen LogP contribution is 2.27. The van der Waals surface area contributed by atoms with Gasteiger partial charge in [-0.1, -0.05) is 0 Å². The van der Waals surface area contributed by atoms with Gasteiger partial charge in [0.05, 0.1) is 5.39 Å². The van der Waals surface area contributed by atoms with Gasteiger partial charge in [0.1, 0.15) is 11.4 Å². The van der Waals surface area contributed by atoms with E-state index in [0.29, 0.717) is 10.8 Å². The third kappa shape index (κ3) is 3.36. The van der Waals surface area contributed by atoms with E-state index >= 15 is 0 Å². The molecule has 1 saturated heterocycles. The van der Waals surface area contributed by atoms with Crippen LogP contribution in [-0.4, -0.2) is 51.3 Å². The number of fused-ring (bicyclic) bond motifs is 1. The number of carboxylic acid groups (broad SMARTS) is 1. The summed E-state index contributed by atoms with van der Waals surface area (Å²) in [5, 5.41) is 15.4. The zero-order chi connectivity index (χ0) is 19.2. The minimum atomic E-state index is -1.26. The molecule has 3 aromatic rings. The quantitative estimate of drug-likeness (QED) is 0.665. The summed E-state index contributed by atoms with van der Waals surface area (Å²) in [5.41, 5.74) is -0.406. The monoisotopic (exact) mass is 421 g/mol. The van der Waals surface area contributed by atoms with Gasteiger partial charge in [0.25, 0.3) is 0 Å². The van der Waals surface area contributed by atoms with Crippen LogP contribution in [0, 0.1) is 0 Å². The largest absolute Gasteiger partial charge is 0.477 e. The Kier molecular flexibility index (Phi) is 5.42. The van der Waals surface area contributed by atoms with Crippen molar-refractivity contribution in [1.29, 1.82) is 0 Å². The highest BCUT2D eigenvalue weighted by Gasteiger charge is 2.33. The SMILES string of the molecule is CNC1(C)CCN(c2ccc3c(=O)c(C(=O)O)cn(-c4nccs4)c3n2)C1.Cl. The van der Waals surface area contributed by atoms with Gasteiger partial charge in [-0.15, -0.1) is 23.7 Å². The summed E-state index contributed by atoms with van der Waals surface area (Å²) in [5.74, 6) is -0.505. The minimum Gasteiger partial charge on any atom is -0.477 e. The Balaban J connectivity index is 0.00000225. The second-order valence-electron chi connectivity index (χ2n) is 6.88. The fourth-order valence-corrected chi connectivity index (χ4v) is 3.98. The molecule has 8 nitrogen and oxygen atoms in total. The van der Waals surface area contributed by atoms with Crippen LogP contribution in [0.4, 0.5) is 5.82 Å². The van der Waals surface area contributed by atoms with Crippen LogP contribution in [0.1, 0.15) is 23.7 Å². The van der Waals surface area contributed by atoms with Crippen LogP contribution in [-0.2, 0) is 0 Å². The topological polar surface area (TPSA) is 100 Å². The lowest BCUT2D eigenvalue weighted by molar-refractivity contribution is 0.0695. The molecule has 4 heterocycles. The maximum absolute atomic E-state index is 12.6. The molecule has 28 heavy (non-hydrogen) atoms. The van der Waals surface area contributed by atoms with Crippen LogP contribution >= 0.6 is 23.7 Å². The van der Waals surface area contributed by atoms with Crippen molar-refractivity contribution in [3.63, 3.8) is 0 Å². The van der Waals surface area contributed by atoms with Crippen molar-refractivity contribution in [2.45, 2.75) is 18.9 Å². The molecule has 148 valence electrons. The molecule has 0 saturated carbocycles. The number of carbonyl (C=O) groups is 1. The Bertz CT molecular complexity index is 1080. The lowest BCUT2D eigenvalue weighted by Gasteiger charge is -2.24. The highest BCUT2D eigenvalue weighted by molar-refractivity contribution is 7.12. The first-order chi connectivity index (χ1) is 12.9. The van der Waals surface area contributed by atoms with E-state index in [-0.39, 0.29) is 28.9 Å². The first-order valence-corrected chi connectivity index (χ1v) is 9.43. The normalized spacial score (nSPS) is 19.0. The molecule has 0 radical (unpaired) electrons. The number of hydrogen-bond donors (Lipinski definition) is 2. The van der Waals surface area contributed by atoms with E-state index in [1.165, 1.54) is 17.5 Å². The van der Waals surface area contributed by atoms with E-state index in [2.05, 4.69) is 22.1 Å². The number of hydrogen-bond acceptors (Lipinski definition) is 7. The highest BCUT2D eigenvalue weighted by atomic mass is 35.5. The predicted molar refractivity (Wildman–Crippen MR) is 112 cm³/mol. The summed E-state index contributed by atoms with van der Waals surface area (Å²) < 4.78 is 1.59. The van der Waals surface area contributed by atoms with Gasteiger partial charge in [0, 0.05) is 36.4 Å². The van der Waals surface area contributed by atoms with E-state index in [9.17, 15) is 14.7 Å². The Morgan fingerprint density at radius 2 is 2.18 bits per heavy atom. The summed E-state index contributed by atoms with van der Waals surface area (Å²) in [6, 6.07) is 3.44. The number of aromatic nitrogens is 3. The van der Waals surface area contributed by atoms with Gasteiger partial charge in [-0.2, -0.15) is 0 Å². The van der Waals surface area contributed by atoms with Gasteiger partial charge >= 0.3 is 5.97 Å². The summed E-state index contributed by atoms with van der Waals surface area (Å²) >= 11 is 1.35. The molecule has 2 N–H and O–H groups in total. The Morgan fingerprint density at radius 1 is 1.39 bits per heavy atom. The van der Waals surface area contributed by atoms with Crippen LogP contribution in [0.15, 0.2) is 34.7 Å². The number of likely N-dealkylation sites (N-methyl/N-ethyl adjacent to an activating group) is 1. The molecule has 1 aliphatic rings. The summed E-state index contributed by atoms with van der Waals surface area (Å²) in [7, 11) is 1.95. The molecule has 1 aliphatic heterocycles. The maximum atomic E-state index is 12.6. The number of carboxylic acids is 1. The van der Waals surface area contributed by atoms with Gasteiger partial charge in [0.15, 0.2) is 10.8 Å². The average molecular weight is 422 g/mol. The average Bonchev–Trinajstić information content (AvgIpc) is 3.32. The summed E-state index contributed by atoms with van der Waals surface area (Å²) in [4.78, 5) is 35.2. The van der Waals surface area contributed by atoms with Gasteiger partial charge in [-0.05, 0) is 32.5 Å². The number of nitrogens with one attached hydrogen (secondary N) is 1. The van der Waals surface area contributed by atoms with Crippen LogP contribution in [0.2, 0.25) is 0 Å². The Morgan fingerprint density at radius 3 is 2.79 bits per heavy atom. The Labute approximate surface area is 171 Å². The fourth-order valence-electron chi connectivity index (χ4n) is 3.36. The molecular formula is C18H20ClN5O3S. The molecule has 0 aliphatic carbocycles. The summed E-state index contributed by atoms with van der Waals surface area (Å²) in [6.07, 6.45) is 3.93. The minimum absolute atomic E-state index is 0. The van der Waals surface area contributed by atoms with Crippen molar-refractivity contribution < 1.29 is 9.90 Å². The molecule has 10 heteroatoms. The smallest absolute Gasteiger partial charge is 0.341 e. The van der Waals surface area contributed by atoms with E-state index in [1.807, 2.05) is 7.05 Å². The van der Waals surface area contributed by atoms with Crippen LogP contribution in [0.3, 0.4) is 0 Å². The molecule has 1 fully saturated rings. The predicted octanol–water partition coefficient (Wildman–Crippen LogP) is 2.15. The van der Waals surface area contributed by atoms with Crippen LogP contribution < -0.4 is 15.6 Å². The van der Waals surface area contributed by atoms with Crippen molar-refractivity contribution in [2.75, 3.05) is 25.0 Å². The number of halogens is 1. The molecule has 1 atom stereocenters. The van der Waals surface area contributed by atoms with E-state index in [1.54, 1.807) is 28.3 Å². The van der Waals surface area contributed by atoms with Crippen molar-refractivity contribution >= 4 is 46.6 Å². The first-order valence-electron chi connectivity index (χ1n) is 8.55. The molecule has 0 amide bonds. The van der Waals surface area contributed by atoms with E-state index in [0.717, 1.165) is 25.3 Å². The fraction of sp³-hybridized carbons (Fsp3) is 0.333. The van der Waals surface area contributed by atoms with Crippen LogP contribution in [0.25, 0.3) is 16.2 Å². The lowest BCUT2D eigenvalue weighted by atomic mass is 10.0. The zero-order valence-corrected chi connectivity index (χ0v) is 17.0. The summed E-state index contributed by atoms with van der Waals surface area (Å²) in [6.45, 7) is 3.82.